The van der Waals surface area contributed by atoms with Crippen molar-refractivity contribution in [1.29, 1.82) is 0 Å². The van der Waals surface area contributed by atoms with E-state index >= 15 is 0 Å². The first kappa shape index (κ1) is 12.1. The van der Waals surface area contributed by atoms with Gasteiger partial charge in [-0.05, 0) is 24.3 Å². The second kappa shape index (κ2) is 3.85. The van der Waals surface area contributed by atoms with Crippen LogP contribution < -0.4 is 5.56 Å². The van der Waals surface area contributed by atoms with Crippen LogP contribution in [0.25, 0.3) is 0 Å². The number of nitrogens with zero attached hydrogens (tertiary/aromatic N) is 1. The fraction of sp³-hybridized carbons (Fsp3) is 0.636. The molecule has 0 fully saturated rings. The van der Waals surface area contributed by atoms with Crippen LogP contribution in [0.15, 0.2) is 4.79 Å². The number of H-pyrrole nitrogens is 1. The number of nitrogens with one attached hydrogen (secondary N) is 1. The molecule has 0 saturated heterocycles. The first-order chi connectivity index (χ1) is 7.82. The van der Waals surface area contributed by atoms with Crippen molar-refractivity contribution in [3.63, 3.8) is 0 Å². The minimum Gasteiger partial charge on any atom is -0.267 e. The molecule has 3 nitrogen and oxygen atoms in total. The van der Waals surface area contributed by atoms with Gasteiger partial charge in [-0.2, -0.15) is 18.3 Å². The van der Waals surface area contributed by atoms with E-state index in [-0.39, 0.29) is 23.8 Å². The highest BCUT2D eigenvalue weighted by atomic mass is 19.4. The molecule has 0 bridgehead atoms. The third-order valence-corrected chi connectivity index (χ3v) is 3.26. The van der Waals surface area contributed by atoms with Crippen molar-refractivity contribution in [1.82, 2.24) is 10.2 Å². The first-order valence-corrected chi connectivity index (χ1v) is 5.51. The molecule has 0 radical (unpaired) electrons. The standard InChI is InChI=1S/C11H13F3N2O/c1-5(2)6-3-4-7-8(11(12,13)14)10(17)16-15-9(6)7/h5-6H,3-4H2,1-2H3,(H,16,17). The summed E-state index contributed by atoms with van der Waals surface area (Å²) in [4.78, 5) is 11.3. The number of rotatable bonds is 1. The largest absolute Gasteiger partial charge is 0.422 e. The summed E-state index contributed by atoms with van der Waals surface area (Å²) >= 11 is 0. The molecule has 2 rings (SSSR count). The third kappa shape index (κ3) is 1.96. The number of aromatic nitrogens is 2. The summed E-state index contributed by atoms with van der Waals surface area (Å²) < 4.78 is 38.4. The van der Waals surface area contributed by atoms with Gasteiger partial charge in [-0.15, -0.1) is 0 Å². The van der Waals surface area contributed by atoms with Crippen LogP contribution in [-0.2, 0) is 12.6 Å². The average Bonchev–Trinajstić information content (AvgIpc) is 2.58. The molecule has 0 saturated carbocycles. The molecule has 1 aliphatic carbocycles. The lowest BCUT2D eigenvalue weighted by Crippen LogP contribution is -2.26. The normalized spacial score (nSPS) is 19.8. The molecule has 1 aliphatic rings. The quantitative estimate of drug-likeness (QED) is 0.827. The van der Waals surface area contributed by atoms with Crippen molar-refractivity contribution in [2.75, 3.05) is 0 Å². The first-order valence-electron chi connectivity index (χ1n) is 5.51. The van der Waals surface area contributed by atoms with Crippen molar-refractivity contribution in [3.05, 3.63) is 27.2 Å². The van der Waals surface area contributed by atoms with Crippen molar-refractivity contribution in [2.45, 2.75) is 38.8 Å². The highest BCUT2D eigenvalue weighted by molar-refractivity contribution is 5.36. The molecule has 0 aromatic carbocycles. The van der Waals surface area contributed by atoms with E-state index < -0.39 is 17.3 Å². The Morgan fingerprint density at radius 1 is 1.41 bits per heavy atom. The van der Waals surface area contributed by atoms with Gasteiger partial charge in [0, 0.05) is 5.92 Å². The van der Waals surface area contributed by atoms with Crippen LogP contribution in [0.1, 0.15) is 43.0 Å². The fourth-order valence-electron chi connectivity index (χ4n) is 2.44. The molecule has 6 heteroatoms. The van der Waals surface area contributed by atoms with Crippen LogP contribution in [0.3, 0.4) is 0 Å². The van der Waals surface area contributed by atoms with Crippen LogP contribution >= 0.6 is 0 Å². The SMILES string of the molecule is CC(C)C1CCc2c1n[nH]c(=O)c2C(F)(F)F. The lowest BCUT2D eigenvalue weighted by Gasteiger charge is -2.15. The molecule has 1 atom stereocenters. The van der Waals surface area contributed by atoms with Gasteiger partial charge in [-0.25, -0.2) is 5.10 Å². The molecular weight excluding hydrogens is 233 g/mol. The minimum atomic E-state index is -4.60. The molecule has 0 aliphatic heterocycles. The molecular formula is C11H13F3N2O. The van der Waals surface area contributed by atoms with Crippen LogP contribution in [-0.4, -0.2) is 10.2 Å². The van der Waals surface area contributed by atoms with Crippen LogP contribution in [0.5, 0.6) is 0 Å². The topological polar surface area (TPSA) is 45.8 Å². The van der Waals surface area contributed by atoms with E-state index in [1.165, 1.54) is 0 Å². The molecule has 1 N–H and O–H groups in total. The van der Waals surface area contributed by atoms with Gasteiger partial charge >= 0.3 is 6.18 Å². The number of alkyl halides is 3. The summed E-state index contributed by atoms with van der Waals surface area (Å²) in [5.74, 6) is 0.221. The maximum absolute atomic E-state index is 12.8. The number of fused-ring (bicyclic) bond motifs is 1. The number of hydrogen-bond acceptors (Lipinski definition) is 2. The maximum Gasteiger partial charge on any atom is 0.422 e. The number of aromatic amines is 1. The van der Waals surface area contributed by atoms with E-state index in [0.29, 0.717) is 12.1 Å². The van der Waals surface area contributed by atoms with E-state index in [0.717, 1.165) is 0 Å². The van der Waals surface area contributed by atoms with Gasteiger partial charge in [-0.1, -0.05) is 13.8 Å². The van der Waals surface area contributed by atoms with Gasteiger partial charge in [0.15, 0.2) is 0 Å². The van der Waals surface area contributed by atoms with E-state index in [2.05, 4.69) is 5.10 Å². The smallest absolute Gasteiger partial charge is 0.267 e. The molecule has 1 aromatic heterocycles. The highest BCUT2D eigenvalue weighted by Gasteiger charge is 2.41. The summed E-state index contributed by atoms with van der Waals surface area (Å²) in [5, 5.41) is 5.76. The second-order valence-corrected chi connectivity index (χ2v) is 4.68. The third-order valence-electron chi connectivity index (χ3n) is 3.26. The van der Waals surface area contributed by atoms with Gasteiger partial charge in [0.05, 0.1) is 5.69 Å². The molecule has 17 heavy (non-hydrogen) atoms. The van der Waals surface area contributed by atoms with E-state index in [1.54, 1.807) is 0 Å². The average molecular weight is 246 g/mol. The monoisotopic (exact) mass is 246 g/mol. The Bertz CT molecular complexity index is 490. The van der Waals surface area contributed by atoms with Crippen molar-refractivity contribution < 1.29 is 13.2 Å². The molecule has 0 spiro atoms. The van der Waals surface area contributed by atoms with Gasteiger partial charge in [0.2, 0.25) is 0 Å². The Labute approximate surface area is 96.0 Å². The maximum atomic E-state index is 12.8. The highest BCUT2D eigenvalue weighted by Crippen LogP contribution is 2.40. The molecule has 1 heterocycles. The summed E-state index contributed by atoms with van der Waals surface area (Å²) in [7, 11) is 0. The molecule has 1 unspecified atom stereocenters. The zero-order chi connectivity index (χ0) is 12.8. The Hall–Kier alpha value is -1.33. The van der Waals surface area contributed by atoms with Crippen LogP contribution in [0, 0.1) is 5.92 Å². The summed E-state index contributed by atoms with van der Waals surface area (Å²) in [5.41, 5.74) is -1.71. The lowest BCUT2D eigenvalue weighted by molar-refractivity contribution is -0.139. The summed E-state index contributed by atoms with van der Waals surface area (Å²) in [6.07, 6.45) is -3.70. The predicted octanol–water partition coefficient (Wildman–Crippen LogP) is 2.47. The summed E-state index contributed by atoms with van der Waals surface area (Å²) in [6, 6.07) is 0. The second-order valence-electron chi connectivity index (χ2n) is 4.68. The minimum absolute atomic E-state index is 0.00273. The molecule has 0 amide bonds. The Kier molecular flexibility index (Phi) is 2.75. The zero-order valence-corrected chi connectivity index (χ0v) is 9.56. The Morgan fingerprint density at radius 2 is 2.06 bits per heavy atom. The molecule has 1 aromatic rings. The Balaban J connectivity index is 2.61. The summed E-state index contributed by atoms with van der Waals surface area (Å²) in [6.45, 7) is 3.89. The van der Waals surface area contributed by atoms with Crippen molar-refractivity contribution in [3.8, 4) is 0 Å². The predicted molar refractivity (Wildman–Crippen MR) is 55.8 cm³/mol. The number of hydrogen-bond donors (Lipinski definition) is 1. The fourth-order valence-corrected chi connectivity index (χ4v) is 2.44. The van der Waals surface area contributed by atoms with Gasteiger partial charge in [0.25, 0.3) is 5.56 Å². The zero-order valence-electron chi connectivity index (χ0n) is 9.56. The van der Waals surface area contributed by atoms with E-state index in [1.807, 2.05) is 18.9 Å². The molecule has 94 valence electrons. The van der Waals surface area contributed by atoms with E-state index in [4.69, 9.17) is 0 Å². The lowest BCUT2D eigenvalue weighted by atomic mass is 9.93. The Morgan fingerprint density at radius 3 is 2.59 bits per heavy atom. The van der Waals surface area contributed by atoms with E-state index in [9.17, 15) is 18.0 Å². The van der Waals surface area contributed by atoms with Gasteiger partial charge < -0.3 is 0 Å². The van der Waals surface area contributed by atoms with Crippen LogP contribution in [0.2, 0.25) is 0 Å². The van der Waals surface area contributed by atoms with Crippen molar-refractivity contribution in [2.24, 2.45) is 5.92 Å². The van der Waals surface area contributed by atoms with Crippen molar-refractivity contribution >= 4 is 0 Å². The van der Waals surface area contributed by atoms with Gasteiger partial charge in [0.1, 0.15) is 5.56 Å². The van der Waals surface area contributed by atoms with Gasteiger partial charge in [-0.3, -0.25) is 4.79 Å². The number of halogens is 3. The van der Waals surface area contributed by atoms with Crippen LogP contribution in [0.4, 0.5) is 13.2 Å².